The fourth-order valence-electron chi connectivity index (χ4n) is 12.8. The van der Waals surface area contributed by atoms with Gasteiger partial charge in [-0.25, -0.2) is 0 Å². The van der Waals surface area contributed by atoms with Crippen molar-refractivity contribution >= 4 is 66.7 Å². The molecule has 3 aliphatic rings. The van der Waals surface area contributed by atoms with Crippen LogP contribution in [0.5, 0.6) is 0 Å². The van der Waals surface area contributed by atoms with Gasteiger partial charge in [-0.05, 0) is 50.0 Å². The van der Waals surface area contributed by atoms with Crippen LogP contribution in [0.15, 0.2) is 78.5 Å². The fraction of sp³-hybridized carbons (Fsp3) is 0.671. The smallest absolute Gasteiger partial charge is 1.00 e. The number of aliphatic carboxylic acids is 3. The van der Waals surface area contributed by atoms with Crippen LogP contribution in [0.25, 0.3) is 0 Å². The fourth-order valence-corrected chi connectivity index (χ4v) is 12.8. The summed E-state index contributed by atoms with van der Waals surface area (Å²) in [4.78, 5) is 58.1. The molecule has 0 atom stereocenters. The summed E-state index contributed by atoms with van der Waals surface area (Å²) in [6.07, 6.45) is 42.9. The monoisotopic (exact) mass is 1400 g/mol. The van der Waals surface area contributed by atoms with Crippen LogP contribution in [0.4, 0.5) is 11.4 Å². The molecule has 2 aromatic rings. The molecule has 0 spiro atoms. The maximum atomic E-state index is 13.8. The number of hydrogen-bond donors (Lipinski definition) is 1. The number of amides is 1. The van der Waals surface area contributed by atoms with Gasteiger partial charge < -0.3 is 63.9 Å². The van der Waals surface area contributed by atoms with Gasteiger partial charge in [0.25, 0.3) is 0 Å². The number of carbonyl (C=O) groups is 4. The second kappa shape index (κ2) is 42.4. The Morgan fingerprint density at radius 3 is 1.42 bits per heavy atom. The van der Waals surface area contributed by atoms with Gasteiger partial charge in [0, 0.05) is 126 Å². The van der Waals surface area contributed by atoms with E-state index in [9.17, 15) is 34.5 Å². The van der Waals surface area contributed by atoms with E-state index in [4.69, 9.17) is 0 Å². The minimum atomic E-state index is -1.28. The van der Waals surface area contributed by atoms with Crippen LogP contribution in [-0.4, -0.2) is 171 Å². The number of carbonyl (C=O) groups excluding carboxylic acids is 4. The van der Waals surface area contributed by atoms with Gasteiger partial charge in [0.1, 0.15) is 6.54 Å². The molecular formula is C70H109IInN7O7. The summed E-state index contributed by atoms with van der Waals surface area (Å²) in [7, 11) is 0. The number of fused-ring (bicyclic) bond motifs is 2. The molecule has 0 saturated carbocycles. The third kappa shape index (κ3) is 26.9. The van der Waals surface area contributed by atoms with Crippen LogP contribution in [0.3, 0.4) is 0 Å². The van der Waals surface area contributed by atoms with Gasteiger partial charge in [0.15, 0.2) is 5.71 Å². The number of anilines is 1. The van der Waals surface area contributed by atoms with Crippen molar-refractivity contribution in [3.05, 3.63) is 95.2 Å². The summed E-state index contributed by atoms with van der Waals surface area (Å²) in [5, 5.41) is 38.1. The van der Waals surface area contributed by atoms with Gasteiger partial charge in [-0.2, -0.15) is 4.58 Å². The van der Waals surface area contributed by atoms with E-state index in [1.54, 1.807) is 14.7 Å². The molecule has 0 aromatic heterocycles. The van der Waals surface area contributed by atoms with E-state index in [1.807, 2.05) is 4.90 Å². The van der Waals surface area contributed by atoms with E-state index in [0.29, 0.717) is 19.6 Å². The Kier molecular flexibility index (Phi) is 37.8. The Morgan fingerprint density at radius 1 is 0.523 bits per heavy atom. The summed E-state index contributed by atoms with van der Waals surface area (Å²) in [6, 6.07) is 15.5. The Hall–Kier alpha value is -3.55. The third-order valence-electron chi connectivity index (χ3n) is 17.8. The average molecular weight is 1400 g/mol. The van der Waals surface area contributed by atoms with Crippen molar-refractivity contribution in [2.45, 2.75) is 213 Å². The molecule has 0 unspecified atom stereocenters. The van der Waals surface area contributed by atoms with Crippen molar-refractivity contribution in [1.82, 2.24) is 24.9 Å². The molecule has 3 aliphatic heterocycles. The number of rotatable bonds is 39. The number of allylic oxidation sites excluding steroid dienone is 6. The molecule has 1 amide bonds. The first-order valence-electron chi connectivity index (χ1n) is 33.0. The molecule has 0 radical (unpaired) electrons. The Morgan fingerprint density at radius 2 is 0.953 bits per heavy atom. The van der Waals surface area contributed by atoms with Gasteiger partial charge in [0.2, 0.25) is 11.6 Å². The van der Waals surface area contributed by atoms with Crippen LogP contribution in [0.1, 0.15) is 212 Å². The zero-order valence-corrected chi connectivity index (χ0v) is 59.5. The van der Waals surface area contributed by atoms with Gasteiger partial charge in [-0.1, -0.05) is 211 Å². The molecule has 2 aromatic carbocycles. The molecule has 1 fully saturated rings. The van der Waals surface area contributed by atoms with Gasteiger partial charge in [0.05, 0.1) is 29.9 Å². The molecule has 86 heavy (non-hydrogen) atoms. The molecule has 14 nitrogen and oxygen atoms in total. The Labute approximate surface area is 555 Å². The number of carboxylic acids is 3. The summed E-state index contributed by atoms with van der Waals surface area (Å²) < 4.78 is 2.58. The van der Waals surface area contributed by atoms with E-state index >= 15 is 0 Å². The number of unbranched alkanes of at least 4 members (excludes halogenated alkanes) is 22. The number of para-hydroxylation sites is 1. The summed E-state index contributed by atoms with van der Waals surface area (Å²) in [6.45, 7) is 17.3. The standard InChI is InChI=1S/C70H111N7O7.HI.In/c1-7-9-11-13-15-17-19-21-23-25-27-34-42-76-61-37-33-32-36-59(61)69(3,4)63(76)38-30-29-31-39-64-70(5,6)60-52-58(40-41-62(60)77(64)43-35-28-26-24-22-20-18-16-14-12-10-8-2)53-71-65(78)54-72-44-46-73(55-66(79)80)48-50-75(57-68(83)84)51-49-74(47-45-72)56-67(81)82;;/h29-33,36-41,52H,7-28,34-35,42-51,53-57H2,1-6H3,(H3-,71,78,79,80,81,82,83,84);1H;/q;;+3/p-3. The predicted molar refractivity (Wildman–Crippen MR) is 343 cm³/mol. The molecule has 5 rings (SSSR count). The van der Waals surface area contributed by atoms with Crippen molar-refractivity contribution in [1.29, 1.82) is 0 Å². The minimum Gasteiger partial charge on any atom is -1.00 e. The first-order chi connectivity index (χ1) is 40.5. The SMILES string of the molecule is CCCCCCCCCCCCCCN1C(=CC=CC=CC2=[N+](CCCCCCCCCCCCCC)c3ccccc3C2(C)C)C(C)(C)c2cc(CNC(=O)CN3CCN(CC(=O)[O-])CCN(CC(=O)[O-])CCN(CC(=O)[O-])CC3)ccc21.[I-].[In+3]. The van der Waals surface area contributed by atoms with Gasteiger partial charge in [-0.3, -0.25) is 24.4 Å². The van der Waals surface area contributed by atoms with E-state index in [2.05, 4.69) is 129 Å². The van der Waals surface area contributed by atoms with Gasteiger partial charge >= 0.3 is 25.8 Å². The number of hydrogen-bond acceptors (Lipinski definition) is 12. The quantitative estimate of drug-likeness (QED) is 0.0361. The molecule has 0 bridgehead atoms. The van der Waals surface area contributed by atoms with Gasteiger partial charge in [-0.15, -0.1) is 0 Å². The first kappa shape index (κ1) is 76.7. The van der Waals surface area contributed by atoms with Crippen LogP contribution < -0.4 is 49.5 Å². The molecule has 476 valence electrons. The van der Waals surface area contributed by atoms with E-state index < -0.39 is 17.9 Å². The zero-order valence-electron chi connectivity index (χ0n) is 54.0. The van der Waals surface area contributed by atoms with Crippen molar-refractivity contribution in [3.8, 4) is 0 Å². The molecule has 1 N–H and O–H groups in total. The molecule has 0 aliphatic carbocycles. The number of nitrogens with zero attached hydrogens (tertiary/aromatic N) is 6. The number of halogens is 1. The summed E-state index contributed by atoms with van der Waals surface area (Å²) in [5.41, 5.74) is 8.30. The summed E-state index contributed by atoms with van der Waals surface area (Å²) in [5.74, 6) is -3.99. The maximum Gasteiger partial charge on any atom is 3.00 e. The minimum absolute atomic E-state index is 0. The van der Waals surface area contributed by atoms with E-state index in [1.165, 1.54) is 182 Å². The molecular weight excluding hydrogens is 1290 g/mol. The maximum absolute atomic E-state index is 13.8. The molecule has 3 heterocycles. The van der Waals surface area contributed by atoms with Crippen LogP contribution in [0.2, 0.25) is 0 Å². The van der Waals surface area contributed by atoms with Crippen LogP contribution in [0, 0.1) is 0 Å². The first-order valence-corrected chi connectivity index (χ1v) is 33.0. The van der Waals surface area contributed by atoms with Crippen molar-refractivity contribution in [3.63, 3.8) is 0 Å². The van der Waals surface area contributed by atoms with E-state index in [0.717, 1.165) is 25.1 Å². The van der Waals surface area contributed by atoms with Crippen molar-refractivity contribution < 1.29 is 63.0 Å². The summed E-state index contributed by atoms with van der Waals surface area (Å²) >= 11 is 0. The van der Waals surface area contributed by atoms with Crippen LogP contribution >= 0.6 is 0 Å². The van der Waals surface area contributed by atoms with E-state index in [-0.39, 0.29) is 132 Å². The molecule has 1 saturated heterocycles. The zero-order chi connectivity index (χ0) is 60.6. The topological polar surface area (TPSA) is 169 Å². The largest absolute Gasteiger partial charge is 3.00 e. The Balaban J connectivity index is 0.00000968. The van der Waals surface area contributed by atoms with Crippen molar-refractivity contribution in [2.24, 2.45) is 0 Å². The Bertz CT molecular complexity index is 2430. The number of carboxylic acid groups (broad SMARTS) is 3. The number of benzene rings is 2. The predicted octanol–water partition coefficient (Wildman–Crippen LogP) is 5.97. The second-order valence-electron chi connectivity index (χ2n) is 25.4. The number of nitrogens with one attached hydrogen (secondary N) is 1. The molecule has 16 heteroatoms. The average Bonchev–Trinajstić information content (AvgIpc) is 1.66. The van der Waals surface area contributed by atoms with Crippen molar-refractivity contribution in [2.75, 3.05) is 96.5 Å². The second-order valence-corrected chi connectivity index (χ2v) is 25.4. The normalized spacial score (nSPS) is 17.3. The van der Waals surface area contributed by atoms with Crippen LogP contribution in [-0.2, 0) is 36.6 Å². The third-order valence-corrected chi connectivity index (χ3v) is 17.8.